The summed E-state index contributed by atoms with van der Waals surface area (Å²) in [4.78, 5) is 12.1. The lowest BCUT2D eigenvalue weighted by atomic mass is 10.6. The Balaban J connectivity index is 1.97. The first-order valence-electron chi connectivity index (χ1n) is 5.63. The van der Waals surface area contributed by atoms with Gasteiger partial charge in [-0.3, -0.25) is 0 Å². The lowest BCUT2D eigenvalue weighted by Crippen LogP contribution is -2.14. The summed E-state index contributed by atoms with van der Waals surface area (Å²) in [5.74, 6) is 0.682. The number of nitrogens with one attached hydrogen (secondary N) is 1. The molecule has 0 aliphatic rings. The maximum absolute atomic E-state index is 8.56. The normalized spacial score (nSPS) is 10.6. The van der Waals surface area contributed by atoms with Gasteiger partial charge in [0.05, 0.1) is 19.8 Å². The molecule has 0 saturated carbocycles. The summed E-state index contributed by atoms with van der Waals surface area (Å²) in [6.45, 7) is 1.24. The van der Waals surface area contributed by atoms with Gasteiger partial charge in [0.15, 0.2) is 0 Å². The van der Waals surface area contributed by atoms with Crippen molar-refractivity contribution >= 4 is 17.5 Å². The molecular formula is C10H13ClN6O2. The Kier molecular flexibility index (Phi) is 5.01. The van der Waals surface area contributed by atoms with Crippen molar-refractivity contribution < 1.29 is 9.84 Å². The van der Waals surface area contributed by atoms with Gasteiger partial charge in [0.1, 0.15) is 0 Å². The summed E-state index contributed by atoms with van der Waals surface area (Å²) < 4.78 is 6.59. The van der Waals surface area contributed by atoms with Crippen LogP contribution in [0.15, 0.2) is 18.5 Å². The Morgan fingerprint density at radius 3 is 2.95 bits per heavy atom. The number of aromatic nitrogens is 5. The number of anilines is 1. The van der Waals surface area contributed by atoms with Gasteiger partial charge in [0, 0.05) is 18.9 Å². The molecule has 2 aromatic heterocycles. The van der Waals surface area contributed by atoms with Crippen LogP contribution in [0.25, 0.3) is 5.95 Å². The van der Waals surface area contributed by atoms with Crippen molar-refractivity contribution in [2.24, 2.45) is 0 Å². The van der Waals surface area contributed by atoms with Crippen LogP contribution < -0.4 is 5.32 Å². The zero-order valence-corrected chi connectivity index (χ0v) is 10.8. The van der Waals surface area contributed by atoms with E-state index in [-0.39, 0.29) is 11.9 Å². The second kappa shape index (κ2) is 6.98. The molecule has 8 nitrogen and oxygen atoms in total. The van der Waals surface area contributed by atoms with E-state index in [0.717, 1.165) is 0 Å². The minimum Gasteiger partial charge on any atom is -0.394 e. The van der Waals surface area contributed by atoms with Gasteiger partial charge in [-0.15, -0.1) is 0 Å². The first-order chi connectivity index (χ1) is 9.29. The van der Waals surface area contributed by atoms with Crippen molar-refractivity contribution in [1.29, 1.82) is 0 Å². The molecule has 2 heterocycles. The van der Waals surface area contributed by atoms with Crippen LogP contribution in [-0.4, -0.2) is 56.2 Å². The molecule has 0 aliphatic carbocycles. The minimum atomic E-state index is 0.00102. The zero-order valence-electron chi connectivity index (χ0n) is 10.0. The van der Waals surface area contributed by atoms with E-state index in [1.165, 1.54) is 4.68 Å². The van der Waals surface area contributed by atoms with E-state index < -0.39 is 0 Å². The van der Waals surface area contributed by atoms with E-state index in [0.29, 0.717) is 31.7 Å². The van der Waals surface area contributed by atoms with Crippen molar-refractivity contribution in [1.82, 2.24) is 24.7 Å². The molecule has 19 heavy (non-hydrogen) atoms. The van der Waals surface area contributed by atoms with Crippen LogP contribution in [0.5, 0.6) is 0 Å². The molecule has 0 fully saturated rings. The second-order valence-electron chi connectivity index (χ2n) is 3.44. The lowest BCUT2D eigenvalue weighted by Gasteiger charge is -2.06. The molecule has 0 saturated heterocycles. The highest BCUT2D eigenvalue weighted by atomic mass is 35.5. The average Bonchev–Trinajstić information content (AvgIpc) is 2.92. The number of hydrogen-bond donors (Lipinski definition) is 2. The number of rotatable bonds is 7. The van der Waals surface area contributed by atoms with Crippen molar-refractivity contribution in [3.8, 4) is 5.95 Å². The van der Waals surface area contributed by atoms with Crippen molar-refractivity contribution in [3.05, 3.63) is 23.7 Å². The Morgan fingerprint density at radius 1 is 1.32 bits per heavy atom. The quantitative estimate of drug-likeness (QED) is 0.697. The number of hydrogen-bond acceptors (Lipinski definition) is 7. The standard InChI is InChI=1S/C10H13ClN6O2/c11-8-14-9(12-3-6-19-7-5-18)16-10(15-8)17-4-1-2-13-17/h1-2,4,18H,3,5-7H2,(H,12,14,15,16). The van der Waals surface area contributed by atoms with Crippen LogP contribution in [0.2, 0.25) is 5.28 Å². The van der Waals surface area contributed by atoms with Gasteiger partial charge in [0.25, 0.3) is 5.95 Å². The molecule has 2 aromatic rings. The molecule has 2 rings (SSSR count). The van der Waals surface area contributed by atoms with Crippen LogP contribution in [0.4, 0.5) is 5.95 Å². The summed E-state index contributed by atoms with van der Waals surface area (Å²) in [5, 5.41) is 15.6. The molecule has 102 valence electrons. The number of ether oxygens (including phenoxy) is 1. The largest absolute Gasteiger partial charge is 0.394 e. The molecule has 0 bridgehead atoms. The highest BCUT2D eigenvalue weighted by Gasteiger charge is 2.06. The maximum atomic E-state index is 8.56. The van der Waals surface area contributed by atoms with Gasteiger partial charge in [-0.2, -0.15) is 20.1 Å². The van der Waals surface area contributed by atoms with Crippen molar-refractivity contribution in [2.75, 3.05) is 31.7 Å². The number of nitrogens with zero attached hydrogens (tertiary/aromatic N) is 5. The predicted octanol–water partition coefficient (Wildman–Crippen LogP) is 0.131. The smallest absolute Gasteiger partial charge is 0.256 e. The van der Waals surface area contributed by atoms with E-state index in [9.17, 15) is 0 Å². The second-order valence-corrected chi connectivity index (χ2v) is 3.78. The van der Waals surface area contributed by atoms with Crippen LogP contribution in [0.3, 0.4) is 0 Å². The molecule has 0 unspecified atom stereocenters. The monoisotopic (exact) mass is 284 g/mol. The maximum Gasteiger partial charge on any atom is 0.256 e. The molecular weight excluding hydrogens is 272 g/mol. The van der Waals surface area contributed by atoms with E-state index in [1.54, 1.807) is 18.5 Å². The Bertz CT molecular complexity index is 507. The molecule has 2 N–H and O–H groups in total. The molecule has 0 amide bonds. The van der Waals surface area contributed by atoms with Gasteiger partial charge in [-0.25, -0.2) is 4.68 Å². The third-order valence-corrected chi connectivity index (χ3v) is 2.24. The summed E-state index contributed by atoms with van der Waals surface area (Å²) in [6, 6.07) is 1.76. The first-order valence-corrected chi connectivity index (χ1v) is 6.01. The van der Waals surface area contributed by atoms with Crippen molar-refractivity contribution in [2.45, 2.75) is 0 Å². The number of halogens is 1. The lowest BCUT2D eigenvalue weighted by molar-refractivity contribution is 0.0991. The van der Waals surface area contributed by atoms with Crippen LogP contribution in [-0.2, 0) is 4.74 Å². The fourth-order valence-electron chi connectivity index (χ4n) is 1.31. The Morgan fingerprint density at radius 2 is 2.21 bits per heavy atom. The topological polar surface area (TPSA) is 98.0 Å². The average molecular weight is 285 g/mol. The minimum absolute atomic E-state index is 0.00102. The van der Waals surface area contributed by atoms with Gasteiger partial charge in [-0.1, -0.05) is 0 Å². The van der Waals surface area contributed by atoms with Gasteiger partial charge in [-0.05, 0) is 17.7 Å². The molecule has 0 radical (unpaired) electrons. The van der Waals surface area contributed by atoms with Crippen LogP contribution in [0, 0.1) is 0 Å². The first kappa shape index (κ1) is 13.7. The number of aliphatic hydroxyl groups excluding tert-OH is 1. The Hall–Kier alpha value is -1.77. The van der Waals surface area contributed by atoms with E-state index in [4.69, 9.17) is 21.4 Å². The summed E-state index contributed by atoms with van der Waals surface area (Å²) in [5.41, 5.74) is 0. The predicted molar refractivity (Wildman–Crippen MR) is 68.4 cm³/mol. The van der Waals surface area contributed by atoms with Gasteiger partial charge in [0.2, 0.25) is 11.2 Å². The molecule has 9 heteroatoms. The fourth-order valence-corrected chi connectivity index (χ4v) is 1.47. The number of aliphatic hydroxyl groups is 1. The molecule has 0 atom stereocenters. The van der Waals surface area contributed by atoms with E-state index >= 15 is 0 Å². The summed E-state index contributed by atoms with van der Waals surface area (Å²) in [6.07, 6.45) is 3.33. The van der Waals surface area contributed by atoms with Crippen LogP contribution >= 0.6 is 11.6 Å². The van der Waals surface area contributed by atoms with Crippen molar-refractivity contribution in [3.63, 3.8) is 0 Å². The summed E-state index contributed by atoms with van der Waals surface area (Å²) in [7, 11) is 0. The molecule has 0 aromatic carbocycles. The van der Waals surface area contributed by atoms with E-state index in [1.807, 2.05) is 0 Å². The SMILES string of the molecule is OCCOCCNc1nc(Cl)nc(-n2cccn2)n1. The molecule has 0 spiro atoms. The van der Waals surface area contributed by atoms with Crippen LogP contribution in [0.1, 0.15) is 0 Å². The molecule has 0 aliphatic heterocycles. The Labute approximate surface area is 114 Å². The van der Waals surface area contributed by atoms with Gasteiger partial charge < -0.3 is 15.2 Å². The van der Waals surface area contributed by atoms with Gasteiger partial charge >= 0.3 is 0 Å². The highest BCUT2D eigenvalue weighted by molar-refractivity contribution is 6.28. The zero-order chi connectivity index (χ0) is 13.5. The fraction of sp³-hybridized carbons (Fsp3) is 0.400. The third-order valence-electron chi connectivity index (χ3n) is 2.07. The highest BCUT2D eigenvalue weighted by Crippen LogP contribution is 2.08. The summed E-state index contributed by atoms with van der Waals surface area (Å²) >= 11 is 5.82. The third kappa shape index (κ3) is 4.12. The van der Waals surface area contributed by atoms with E-state index in [2.05, 4.69) is 25.4 Å².